The molecule has 1 aliphatic carbocycles. The third-order valence-corrected chi connectivity index (χ3v) is 15.2. The third kappa shape index (κ3) is 4.85. The number of hydrogen-bond donors (Lipinski definition) is 0. The lowest BCUT2D eigenvalue weighted by Gasteiger charge is -2.34. The average Bonchev–Trinajstić information content (AvgIpc) is 4.09. The number of hydrogen-bond acceptors (Lipinski definition) is 1. The van der Waals surface area contributed by atoms with E-state index in [1.807, 2.05) is 11.3 Å². The van der Waals surface area contributed by atoms with Crippen LogP contribution in [0.5, 0.6) is 0 Å². The fourth-order valence-electron chi connectivity index (χ4n) is 11.4. The summed E-state index contributed by atoms with van der Waals surface area (Å²) >= 11 is 1.87. The lowest BCUT2D eigenvalue weighted by molar-refractivity contribution is 0.770. The van der Waals surface area contributed by atoms with Crippen LogP contribution < -0.4 is 0 Å². The van der Waals surface area contributed by atoms with Gasteiger partial charge in [-0.1, -0.05) is 158 Å². The summed E-state index contributed by atoms with van der Waals surface area (Å²) in [5.41, 5.74) is 16.8. The largest absolute Gasteiger partial charge is 0.309 e. The van der Waals surface area contributed by atoms with Gasteiger partial charge in [-0.3, -0.25) is 0 Å². The molecule has 0 unspecified atom stereocenters. The van der Waals surface area contributed by atoms with Crippen LogP contribution in [-0.2, 0) is 5.41 Å². The molecule has 14 rings (SSSR count). The number of para-hydroxylation sites is 2. The van der Waals surface area contributed by atoms with Gasteiger partial charge >= 0.3 is 0 Å². The molecular formula is C61H38N2S. The van der Waals surface area contributed by atoms with Crippen LogP contribution in [0.1, 0.15) is 22.3 Å². The molecule has 0 bridgehead atoms. The van der Waals surface area contributed by atoms with Gasteiger partial charge in [-0.2, -0.15) is 0 Å². The second-order valence-corrected chi connectivity index (χ2v) is 18.3. The van der Waals surface area contributed by atoms with Gasteiger partial charge in [-0.05, 0) is 117 Å². The maximum Gasteiger partial charge on any atom is 0.0713 e. The molecule has 1 aliphatic rings. The Morgan fingerprint density at radius 1 is 0.328 bits per heavy atom. The lowest BCUT2D eigenvalue weighted by atomic mass is 9.67. The van der Waals surface area contributed by atoms with Gasteiger partial charge in [0.05, 0.1) is 33.2 Å². The number of nitrogens with zero attached hydrogens (tertiary/aromatic N) is 2. The van der Waals surface area contributed by atoms with Crippen LogP contribution in [0, 0.1) is 0 Å². The Labute approximate surface area is 374 Å². The smallest absolute Gasteiger partial charge is 0.0713 e. The summed E-state index contributed by atoms with van der Waals surface area (Å²) in [6, 6.07) is 86.0. The standard InChI is InChI=1S/C61H38N2S/c1-3-16-41(17-4-1)61(51-24-11-7-20-44(51)45-21-8-12-25-52(45)61)42-32-34-55-49(38-42)48-36-39(40-31-35-59-50(37-40)46-22-10-14-29-58(46)64-59)30-33-54(48)63(55)57-28-15-27-56-60(57)47-23-9-13-26-53(47)62(56)43-18-5-2-6-19-43/h1-38H. The summed E-state index contributed by atoms with van der Waals surface area (Å²) in [6.07, 6.45) is 0. The number of fused-ring (bicyclic) bond motifs is 12. The van der Waals surface area contributed by atoms with Crippen LogP contribution >= 0.6 is 11.3 Å². The van der Waals surface area contributed by atoms with Crippen molar-refractivity contribution in [2.24, 2.45) is 0 Å². The Morgan fingerprint density at radius 2 is 0.891 bits per heavy atom. The molecule has 10 aromatic carbocycles. The molecule has 0 radical (unpaired) electrons. The maximum absolute atomic E-state index is 2.53. The highest BCUT2D eigenvalue weighted by molar-refractivity contribution is 7.25. The predicted molar refractivity (Wildman–Crippen MR) is 271 cm³/mol. The quantitative estimate of drug-likeness (QED) is 0.164. The molecular weight excluding hydrogens is 793 g/mol. The first-order chi connectivity index (χ1) is 31.8. The van der Waals surface area contributed by atoms with Crippen molar-refractivity contribution in [1.82, 2.24) is 9.13 Å². The summed E-state index contributed by atoms with van der Waals surface area (Å²) in [5.74, 6) is 0. The van der Waals surface area contributed by atoms with Gasteiger partial charge in [-0.15, -0.1) is 11.3 Å². The van der Waals surface area contributed by atoms with E-state index in [9.17, 15) is 0 Å². The Morgan fingerprint density at radius 3 is 1.67 bits per heavy atom. The van der Waals surface area contributed by atoms with Crippen molar-refractivity contribution in [3.63, 3.8) is 0 Å². The van der Waals surface area contributed by atoms with E-state index in [-0.39, 0.29) is 0 Å². The zero-order valence-corrected chi connectivity index (χ0v) is 35.6. The highest BCUT2D eigenvalue weighted by Crippen LogP contribution is 2.56. The zero-order valence-electron chi connectivity index (χ0n) is 34.7. The number of benzene rings is 10. The topological polar surface area (TPSA) is 9.86 Å². The van der Waals surface area contributed by atoms with E-state index in [1.54, 1.807) is 0 Å². The molecule has 13 aromatic rings. The van der Waals surface area contributed by atoms with Gasteiger partial charge in [0.1, 0.15) is 0 Å². The molecule has 0 saturated heterocycles. The van der Waals surface area contributed by atoms with Crippen LogP contribution in [0.4, 0.5) is 0 Å². The lowest BCUT2D eigenvalue weighted by Crippen LogP contribution is -2.28. The van der Waals surface area contributed by atoms with Crippen molar-refractivity contribution in [3.8, 4) is 33.6 Å². The van der Waals surface area contributed by atoms with Crippen molar-refractivity contribution in [2.45, 2.75) is 5.41 Å². The molecule has 298 valence electrons. The Kier molecular flexibility index (Phi) is 7.51. The molecule has 0 fully saturated rings. The van der Waals surface area contributed by atoms with Gasteiger partial charge in [0.2, 0.25) is 0 Å². The highest BCUT2D eigenvalue weighted by atomic mass is 32.1. The van der Waals surface area contributed by atoms with Gasteiger partial charge in [-0.25, -0.2) is 0 Å². The maximum atomic E-state index is 2.53. The molecule has 3 heterocycles. The summed E-state index contributed by atoms with van der Waals surface area (Å²) in [6.45, 7) is 0. The van der Waals surface area contributed by atoms with Crippen LogP contribution in [-0.4, -0.2) is 9.13 Å². The zero-order chi connectivity index (χ0) is 41.9. The van der Waals surface area contributed by atoms with E-state index >= 15 is 0 Å². The highest BCUT2D eigenvalue weighted by Gasteiger charge is 2.46. The van der Waals surface area contributed by atoms with Gasteiger partial charge in [0.25, 0.3) is 0 Å². The molecule has 2 nitrogen and oxygen atoms in total. The minimum atomic E-state index is -0.511. The molecule has 3 aromatic heterocycles. The average molecular weight is 831 g/mol. The van der Waals surface area contributed by atoms with E-state index < -0.39 is 5.41 Å². The number of aromatic nitrogens is 2. The second-order valence-electron chi connectivity index (χ2n) is 17.2. The van der Waals surface area contributed by atoms with Crippen LogP contribution in [0.3, 0.4) is 0 Å². The van der Waals surface area contributed by atoms with Gasteiger partial charge in [0, 0.05) is 47.4 Å². The number of thiophene rings is 1. The van der Waals surface area contributed by atoms with Crippen molar-refractivity contribution in [1.29, 1.82) is 0 Å². The molecule has 0 saturated carbocycles. The van der Waals surface area contributed by atoms with Crippen molar-refractivity contribution in [3.05, 3.63) is 253 Å². The van der Waals surface area contributed by atoms with Crippen LogP contribution in [0.2, 0.25) is 0 Å². The fourth-order valence-corrected chi connectivity index (χ4v) is 12.4. The van der Waals surface area contributed by atoms with E-state index in [2.05, 4.69) is 240 Å². The van der Waals surface area contributed by atoms with Crippen molar-refractivity contribution < 1.29 is 0 Å². The monoisotopic (exact) mass is 830 g/mol. The van der Waals surface area contributed by atoms with Crippen LogP contribution in [0.25, 0.3) is 97.4 Å². The minimum absolute atomic E-state index is 0.511. The van der Waals surface area contributed by atoms with Crippen LogP contribution in [0.15, 0.2) is 231 Å². The Hall–Kier alpha value is -7.98. The van der Waals surface area contributed by atoms with Gasteiger partial charge in [0.15, 0.2) is 0 Å². The second kappa shape index (κ2) is 13.5. The molecule has 0 N–H and O–H groups in total. The molecule has 3 heteroatoms. The van der Waals surface area contributed by atoms with Crippen molar-refractivity contribution in [2.75, 3.05) is 0 Å². The summed E-state index contributed by atoms with van der Waals surface area (Å²) in [7, 11) is 0. The first-order valence-electron chi connectivity index (χ1n) is 22.1. The van der Waals surface area contributed by atoms with E-state index in [1.165, 1.54) is 114 Å². The van der Waals surface area contributed by atoms with Crippen molar-refractivity contribution >= 4 is 75.1 Å². The SMILES string of the molecule is c1ccc(-n2c3ccccc3c3c(-n4c5ccc(-c6ccc7sc8ccccc8c7c6)cc5c5cc(C6(c7ccccc7)c7ccccc7-c7ccccc76)ccc54)cccc32)cc1. The van der Waals surface area contributed by atoms with E-state index in [4.69, 9.17) is 0 Å². The molecule has 0 aliphatic heterocycles. The summed E-state index contributed by atoms with van der Waals surface area (Å²) in [5, 5.41) is 7.57. The number of rotatable bonds is 5. The van der Waals surface area contributed by atoms with E-state index in [0.717, 1.165) is 5.69 Å². The molecule has 0 amide bonds. The molecule has 0 atom stereocenters. The summed E-state index contributed by atoms with van der Waals surface area (Å²) < 4.78 is 7.59. The molecule has 0 spiro atoms. The Balaban J connectivity index is 1.09. The minimum Gasteiger partial charge on any atom is -0.309 e. The normalized spacial score (nSPS) is 13.1. The predicted octanol–water partition coefficient (Wildman–Crippen LogP) is 16.3. The Bertz CT molecular complexity index is 3970. The van der Waals surface area contributed by atoms with E-state index in [0.29, 0.717) is 0 Å². The first kappa shape index (κ1) is 35.6. The first-order valence-corrected chi connectivity index (χ1v) is 22.9. The summed E-state index contributed by atoms with van der Waals surface area (Å²) in [4.78, 5) is 0. The third-order valence-electron chi connectivity index (χ3n) is 14.0. The molecule has 64 heavy (non-hydrogen) atoms. The fraction of sp³-hybridized carbons (Fsp3) is 0.0164. The van der Waals surface area contributed by atoms with Gasteiger partial charge < -0.3 is 9.13 Å².